The summed E-state index contributed by atoms with van der Waals surface area (Å²) in [5, 5.41) is 7.49. The molecule has 0 aliphatic carbocycles. The van der Waals surface area contributed by atoms with E-state index in [1.54, 1.807) is 18.1 Å². The fourth-order valence-corrected chi connectivity index (χ4v) is 6.07. The van der Waals surface area contributed by atoms with Gasteiger partial charge in [0.2, 0.25) is 5.91 Å². The van der Waals surface area contributed by atoms with Gasteiger partial charge in [-0.05, 0) is 91.6 Å². The average molecular weight is 497 g/mol. The number of fused-ring (bicyclic) bond motifs is 1. The Balaban J connectivity index is 1.27. The molecule has 5 rings (SSSR count). The zero-order chi connectivity index (χ0) is 25.1. The summed E-state index contributed by atoms with van der Waals surface area (Å²) in [6.07, 6.45) is 5.21. The van der Waals surface area contributed by atoms with Gasteiger partial charge in [-0.3, -0.25) is 4.79 Å². The van der Waals surface area contributed by atoms with Crippen LogP contribution in [0.4, 0.5) is 0 Å². The van der Waals surface area contributed by atoms with Crippen molar-refractivity contribution in [3.8, 4) is 5.69 Å². The van der Waals surface area contributed by atoms with Gasteiger partial charge in [0.15, 0.2) is 0 Å². The van der Waals surface area contributed by atoms with E-state index in [9.17, 15) is 4.79 Å². The Hall–Kier alpha value is -3.35. The minimum Gasteiger partial charge on any atom is -0.354 e. The average Bonchev–Trinajstić information content (AvgIpc) is 3.41. The smallest absolute Gasteiger partial charge is 0.238 e. The van der Waals surface area contributed by atoms with E-state index in [-0.39, 0.29) is 11.9 Å². The third kappa shape index (κ3) is 5.40. The van der Waals surface area contributed by atoms with Crippen molar-refractivity contribution in [2.75, 3.05) is 6.54 Å². The third-order valence-corrected chi connectivity index (χ3v) is 8.18. The molecule has 36 heavy (non-hydrogen) atoms. The largest absolute Gasteiger partial charge is 0.354 e. The fraction of sp³-hybridized carbons (Fsp3) is 0.267. The molecular formula is C30H32N4OS. The minimum absolute atomic E-state index is 0.0904. The van der Waals surface area contributed by atoms with Gasteiger partial charge in [-0.1, -0.05) is 54.1 Å². The number of benzene rings is 3. The number of aromatic nitrogens is 2. The molecule has 3 aromatic carbocycles. The van der Waals surface area contributed by atoms with Gasteiger partial charge >= 0.3 is 0 Å². The molecule has 1 N–H and O–H groups in total. The zero-order valence-electron chi connectivity index (χ0n) is 21.1. The second-order valence-corrected chi connectivity index (χ2v) is 10.6. The molecule has 1 aromatic heterocycles. The normalized spacial score (nSPS) is 15.5. The first kappa shape index (κ1) is 24.3. The summed E-state index contributed by atoms with van der Waals surface area (Å²) in [4.78, 5) is 14.7. The molecule has 0 fully saturated rings. The molecule has 1 aliphatic rings. The Morgan fingerprint density at radius 2 is 1.72 bits per heavy atom. The summed E-state index contributed by atoms with van der Waals surface area (Å²) in [6.45, 7) is 7.81. The molecule has 0 saturated heterocycles. The number of amides is 1. The second-order valence-electron chi connectivity index (χ2n) is 9.54. The monoisotopic (exact) mass is 496 g/mol. The van der Waals surface area contributed by atoms with Gasteiger partial charge < -0.3 is 5.32 Å². The van der Waals surface area contributed by atoms with Crippen LogP contribution in [0.5, 0.6) is 0 Å². The van der Waals surface area contributed by atoms with Gasteiger partial charge in [-0.15, -0.1) is 0 Å². The van der Waals surface area contributed by atoms with Crippen molar-refractivity contribution < 1.29 is 4.79 Å². The van der Waals surface area contributed by atoms with Crippen molar-refractivity contribution in [2.45, 2.75) is 51.1 Å². The number of carbonyl (C=O) groups excluding carboxylic acids is 1. The molecule has 0 radical (unpaired) electrons. The van der Waals surface area contributed by atoms with Crippen molar-refractivity contribution >= 4 is 17.9 Å². The van der Waals surface area contributed by atoms with Crippen LogP contribution in [0.3, 0.4) is 0 Å². The highest BCUT2D eigenvalue weighted by atomic mass is 32.2. The van der Waals surface area contributed by atoms with Crippen LogP contribution in [0, 0.1) is 20.8 Å². The number of rotatable bonds is 7. The predicted octanol–water partition coefficient (Wildman–Crippen LogP) is 5.59. The number of aryl methyl sites for hydroxylation is 3. The summed E-state index contributed by atoms with van der Waals surface area (Å²) < 4.78 is 4.11. The van der Waals surface area contributed by atoms with Crippen molar-refractivity contribution in [3.63, 3.8) is 0 Å². The maximum Gasteiger partial charge on any atom is 0.238 e. The van der Waals surface area contributed by atoms with Crippen LogP contribution >= 0.6 is 11.9 Å². The number of nitrogens with one attached hydrogen (secondary N) is 1. The molecule has 0 bridgehead atoms. The van der Waals surface area contributed by atoms with Crippen LogP contribution in [-0.2, 0) is 24.2 Å². The van der Waals surface area contributed by atoms with E-state index < -0.39 is 0 Å². The molecule has 1 amide bonds. The van der Waals surface area contributed by atoms with E-state index in [4.69, 9.17) is 0 Å². The molecule has 0 spiro atoms. The lowest BCUT2D eigenvalue weighted by Gasteiger charge is -2.35. The Morgan fingerprint density at radius 1 is 1.00 bits per heavy atom. The van der Waals surface area contributed by atoms with Crippen LogP contribution in [0.1, 0.15) is 33.4 Å². The molecular weight excluding hydrogens is 464 g/mol. The van der Waals surface area contributed by atoms with E-state index in [2.05, 4.69) is 96.2 Å². The summed E-state index contributed by atoms with van der Waals surface area (Å²) in [5.74, 6) is 0.0904. The van der Waals surface area contributed by atoms with Crippen LogP contribution in [0.25, 0.3) is 5.69 Å². The van der Waals surface area contributed by atoms with Gasteiger partial charge in [0.25, 0.3) is 0 Å². The Bertz CT molecular complexity index is 1320. The molecule has 184 valence electrons. The van der Waals surface area contributed by atoms with E-state index in [0.717, 1.165) is 25.1 Å². The van der Waals surface area contributed by atoms with Gasteiger partial charge in [-0.2, -0.15) is 5.10 Å². The molecule has 0 saturated carbocycles. The number of hydrogen-bond acceptors (Lipinski definition) is 4. The Labute approximate surface area is 217 Å². The van der Waals surface area contributed by atoms with Gasteiger partial charge in [0, 0.05) is 30.4 Å². The SMILES string of the molecule is Cc1cc(C)c(SN2Cc3ccccc3CC2C(=O)NCCc2ccc(-n3cccn3)cc2)c(C)c1. The lowest BCUT2D eigenvalue weighted by Crippen LogP contribution is -2.47. The molecule has 1 aliphatic heterocycles. The number of nitrogens with zero attached hydrogens (tertiary/aromatic N) is 3. The lowest BCUT2D eigenvalue weighted by atomic mass is 9.95. The minimum atomic E-state index is -0.216. The standard InChI is InChI=1S/C30H32N4OS/c1-21-17-22(2)29(23(3)18-21)36-34-20-26-8-5-4-7-25(26)19-28(34)30(35)31-15-13-24-9-11-27(12-10-24)33-16-6-14-32-33/h4-12,14,16-18,28H,13,15,19-20H2,1-3H3,(H,31,35). The maximum atomic E-state index is 13.5. The number of carbonyl (C=O) groups is 1. The van der Waals surface area contributed by atoms with Gasteiger partial charge in [-0.25, -0.2) is 8.99 Å². The molecule has 5 nitrogen and oxygen atoms in total. The summed E-state index contributed by atoms with van der Waals surface area (Å²) >= 11 is 1.72. The first-order valence-electron chi connectivity index (χ1n) is 12.4. The highest BCUT2D eigenvalue weighted by Gasteiger charge is 2.32. The number of hydrogen-bond donors (Lipinski definition) is 1. The molecule has 1 unspecified atom stereocenters. The first-order chi connectivity index (χ1) is 17.5. The van der Waals surface area contributed by atoms with Gasteiger partial charge in [0.1, 0.15) is 6.04 Å². The molecule has 2 heterocycles. The van der Waals surface area contributed by atoms with E-state index in [0.29, 0.717) is 6.54 Å². The molecule has 1 atom stereocenters. The first-order valence-corrected chi connectivity index (χ1v) is 13.2. The Morgan fingerprint density at radius 3 is 2.42 bits per heavy atom. The van der Waals surface area contributed by atoms with Crippen molar-refractivity contribution in [1.29, 1.82) is 0 Å². The van der Waals surface area contributed by atoms with Crippen molar-refractivity contribution in [1.82, 2.24) is 19.4 Å². The fourth-order valence-electron chi connectivity index (χ4n) is 4.93. The summed E-state index contributed by atoms with van der Waals surface area (Å²) in [7, 11) is 0. The van der Waals surface area contributed by atoms with Crippen LogP contribution in [0.15, 0.2) is 84.0 Å². The lowest BCUT2D eigenvalue weighted by molar-refractivity contribution is -0.125. The van der Waals surface area contributed by atoms with Crippen LogP contribution < -0.4 is 5.32 Å². The summed E-state index contributed by atoms with van der Waals surface area (Å²) in [6, 6.07) is 23.0. The second kappa shape index (κ2) is 10.7. The van der Waals surface area contributed by atoms with E-state index >= 15 is 0 Å². The predicted molar refractivity (Wildman–Crippen MR) is 146 cm³/mol. The van der Waals surface area contributed by atoms with Gasteiger partial charge in [0.05, 0.1) is 5.69 Å². The highest BCUT2D eigenvalue weighted by Crippen LogP contribution is 2.36. The van der Waals surface area contributed by atoms with Crippen LogP contribution in [-0.4, -0.2) is 32.6 Å². The van der Waals surface area contributed by atoms with Crippen LogP contribution in [0.2, 0.25) is 0 Å². The van der Waals surface area contributed by atoms with E-state index in [1.807, 2.05) is 16.9 Å². The summed E-state index contributed by atoms with van der Waals surface area (Å²) in [5.41, 5.74) is 8.57. The third-order valence-electron chi connectivity index (χ3n) is 6.74. The van der Waals surface area contributed by atoms with Crippen molar-refractivity contribution in [3.05, 3.63) is 113 Å². The maximum absolute atomic E-state index is 13.5. The van der Waals surface area contributed by atoms with E-state index in [1.165, 1.54) is 38.3 Å². The quantitative estimate of drug-likeness (QED) is 0.339. The molecule has 6 heteroatoms. The van der Waals surface area contributed by atoms with Crippen molar-refractivity contribution in [2.24, 2.45) is 0 Å². The topological polar surface area (TPSA) is 50.2 Å². The highest BCUT2D eigenvalue weighted by molar-refractivity contribution is 7.97. The zero-order valence-corrected chi connectivity index (χ0v) is 21.9. The molecule has 4 aromatic rings. The Kier molecular flexibility index (Phi) is 7.25.